The van der Waals surface area contributed by atoms with Crippen molar-refractivity contribution in [2.75, 3.05) is 5.32 Å². The van der Waals surface area contributed by atoms with E-state index in [1.54, 1.807) is 12.1 Å². The minimum Gasteiger partial charge on any atom is -0.545 e. The molecule has 4 rings (SSSR count). The number of nitrogens with zero attached hydrogens (tertiary/aromatic N) is 2. The Bertz CT molecular complexity index is 1040. The number of carboxylic acid groups (broad SMARTS) is 1. The van der Waals surface area contributed by atoms with Crippen LogP contribution in [0.3, 0.4) is 0 Å². The Balaban J connectivity index is 1.83. The van der Waals surface area contributed by atoms with E-state index in [0.29, 0.717) is 22.6 Å². The van der Waals surface area contributed by atoms with Gasteiger partial charge in [-0.15, -0.1) is 0 Å². The minimum atomic E-state index is -1.23. The lowest BCUT2D eigenvalue weighted by Gasteiger charge is -2.08. The molecule has 0 unspecified atom stereocenters. The maximum Gasteiger partial charge on any atom is 0.196 e. The summed E-state index contributed by atoms with van der Waals surface area (Å²) in [6, 6.07) is 13.9. The second-order valence-electron chi connectivity index (χ2n) is 4.99. The molecule has 112 valence electrons. The highest BCUT2D eigenvalue weighted by molar-refractivity contribution is 6.05. The lowest BCUT2D eigenvalue weighted by atomic mass is 10.2. The lowest BCUT2D eigenvalue weighted by molar-refractivity contribution is -0.255. The Hall–Kier alpha value is -3.41. The van der Waals surface area contributed by atoms with Gasteiger partial charge in [0.1, 0.15) is 17.4 Å². The molecule has 2 aromatic heterocycles. The fraction of sp³-hybridized carbons (Fsp3) is 0. The van der Waals surface area contributed by atoms with Gasteiger partial charge in [-0.1, -0.05) is 24.3 Å². The number of carbonyl (C=O) groups excluding carboxylic acids is 1. The lowest BCUT2D eigenvalue weighted by Crippen LogP contribution is -2.22. The summed E-state index contributed by atoms with van der Waals surface area (Å²) in [6.07, 6.45) is 1.44. The highest BCUT2D eigenvalue weighted by Crippen LogP contribution is 2.31. The van der Waals surface area contributed by atoms with E-state index in [1.807, 2.05) is 24.3 Å². The van der Waals surface area contributed by atoms with Crippen molar-refractivity contribution in [2.24, 2.45) is 0 Å². The molecule has 0 atom stereocenters. The molecule has 2 aromatic carbocycles. The predicted octanol–water partition coefficient (Wildman–Crippen LogP) is 2.48. The van der Waals surface area contributed by atoms with Crippen molar-refractivity contribution in [3.05, 3.63) is 60.4 Å². The molecule has 23 heavy (non-hydrogen) atoms. The summed E-state index contributed by atoms with van der Waals surface area (Å²) >= 11 is 0. The van der Waals surface area contributed by atoms with Gasteiger partial charge in [-0.2, -0.15) is 0 Å². The molecule has 6 heteroatoms. The molecule has 0 saturated carbocycles. The Morgan fingerprint density at radius 1 is 1.09 bits per heavy atom. The summed E-state index contributed by atoms with van der Waals surface area (Å²) in [5.41, 5.74) is 2.60. The summed E-state index contributed by atoms with van der Waals surface area (Å²) in [7, 11) is 0. The number of carboxylic acids is 1. The van der Waals surface area contributed by atoms with Gasteiger partial charge in [0.05, 0.1) is 5.97 Å². The van der Waals surface area contributed by atoms with Crippen molar-refractivity contribution in [3.63, 3.8) is 0 Å². The first kappa shape index (κ1) is 13.3. The molecule has 4 aromatic rings. The van der Waals surface area contributed by atoms with Crippen LogP contribution in [0.25, 0.3) is 22.1 Å². The first-order chi connectivity index (χ1) is 11.2. The molecular weight excluding hydrogens is 294 g/mol. The summed E-state index contributed by atoms with van der Waals surface area (Å²) in [5.74, 6) is -0.757. The van der Waals surface area contributed by atoms with Crippen LogP contribution in [0.4, 0.5) is 11.5 Å². The van der Waals surface area contributed by atoms with E-state index in [2.05, 4.69) is 15.3 Å². The van der Waals surface area contributed by atoms with E-state index in [9.17, 15) is 9.90 Å². The number of carbonyl (C=O) groups is 1. The number of furan rings is 1. The van der Waals surface area contributed by atoms with E-state index in [0.717, 1.165) is 11.0 Å². The molecule has 0 bridgehead atoms. The maximum atomic E-state index is 11.0. The van der Waals surface area contributed by atoms with Crippen molar-refractivity contribution in [2.45, 2.75) is 0 Å². The van der Waals surface area contributed by atoms with Crippen molar-refractivity contribution >= 4 is 39.5 Å². The van der Waals surface area contributed by atoms with Crippen LogP contribution in [0.2, 0.25) is 0 Å². The largest absolute Gasteiger partial charge is 0.545 e. The third-order valence-corrected chi connectivity index (χ3v) is 3.52. The van der Waals surface area contributed by atoms with Gasteiger partial charge in [-0.05, 0) is 29.8 Å². The molecule has 1 N–H and O–H groups in total. The summed E-state index contributed by atoms with van der Waals surface area (Å²) in [6.45, 7) is 0. The number of anilines is 2. The molecule has 0 radical (unpaired) electrons. The first-order valence-electron chi connectivity index (χ1n) is 6.93. The Morgan fingerprint density at radius 3 is 2.83 bits per heavy atom. The van der Waals surface area contributed by atoms with Gasteiger partial charge in [0, 0.05) is 11.1 Å². The number of benzene rings is 2. The van der Waals surface area contributed by atoms with Crippen LogP contribution >= 0.6 is 0 Å². The zero-order chi connectivity index (χ0) is 15.8. The van der Waals surface area contributed by atoms with E-state index in [-0.39, 0.29) is 5.56 Å². The molecular formula is C17H10N3O3-. The van der Waals surface area contributed by atoms with Crippen LogP contribution in [0.5, 0.6) is 0 Å². The summed E-state index contributed by atoms with van der Waals surface area (Å²) in [4.78, 5) is 19.4. The van der Waals surface area contributed by atoms with E-state index in [1.165, 1.54) is 18.5 Å². The number of para-hydroxylation sites is 1. The smallest absolute Gasteiger partial charge is 0.196 e. The van der Waals surface area contributed by atoms with Gasteiger partial charge in [0.2, 0.25) is 0 Å². The number of rotatable bonds is 3. The van der Waals surface area contributed by atoms with Crippen molar-refractivity contribution < 1.29 is 14.3 Å². The quantitative estimate of drug-likeness (QED) is 0.625. The average Bonchev–Trinajstić information content (AvgIpc) is 2.95. The highest BCUT2D eigenvalue weighted by atomic mass is 16.4. The number of aromatic nitrogens is 2. The topological polar surface area (TPSA) is 91.1 Å². The van der Waals surface area contributed by atoms with Crippen molar-refractivity contribution in [1.82, 2.24) is 9.97 Å². The molecule has 0 spiro atoms. The molecule has 0 saturated heterocycles. The molecule has 0 aliphatic carbocycles. The number of nitrogens with one attached hydrogen (secondary N) is 1. The number of hydrogen-bond acceptors (Lipinski definition) is 6. The van der Waals surface area contributed by atoms with Crippen LogP contribution in [0.15, 0.2) is 59.3 Å². The monoisotopic (exact) mass is 304 g/mol. The van der Waals surface area contributed by atoms with Gasteiger partial charge < -0.3 is 19.6 Å². The maximum absolute atomic E-state index is 11.0. The fourth-order valence-corrected chi connectivity index (χ4v) is 2.47. The van der Waals surface area contributed by atoms with E-state index < -0.39 is 5.97 Å². The normalized spacial score (nSPS) is 11.0. The highest BCUT2D eigenvalue weighted by Gasteiger charge is 2.12. The molecule has 0 aliphatic rings. The SMILES string of the molecule is O=C([O-])c1cccc(Nc2ncnc3c2oc2ccccc23)c1. The van der Waals surface area contributed by atoms with Crippen LogP contribution in [0, 0.1) is 0 Å². The van der Waals surface area contributed by atoms with Crippen LogP contribution < -0.4 is 10.4 Å². The van der Waals surface area contributed by atoms with Crippen LogP contribution in [0.1, 0.15) is 10.4 Å². The van der Waals surface area contributed by atoms with E-state index >= 15 is 0 Å². The molecule has 0 amide bonds. The fourth-order valence-electron chi connectivity index (χ4n) is 2.47. The third kappa shape index (κ3) is 2.26. The van der Waals surface area contributed by atoms with Gasteiger partial charge >= 0.3 is 0 Å². The Morgan fingerprint density at radius 2 is 1.96 bits per heavy atom. The second kappa shape index (κ2) is 5.10. The Kier molecular flexibility index (Phi) is 2.94. The molecule has 0 aliphatic heterocycles. The van der Waals surface area contributed by atoms with Gasteiger partial charge in [0.15, 0.2) is 11.4 Å². The van der Waals surface area contributed by atoms with Crippen LogP contribution in [-0.4, -0.2) is 15.9 Å². The minimum absolute atomic E-state index is 0.0879. The van der Waals surface area contributed by atoms with Gasteiger partial charge in [-0.25, -0.2) is 9.97 Å². The van der Waals surface area contributed by atoms with Crippen molar-refractivity contribution in [1.29, 1.82) is 0 Å². The van der Waals surface area contributed by atoms with Gasteiger partial charge in [0.25, 0.3) is 0 Å². The third-order valence-electron chi connectivity index (χ3n) is 3.52. The standard InChI is InChI=1S/C17H11N3O3/c21-17(22)10-4-3-5-11(8-10)20-16-15-14(18-9-19-16)12-6-1-2-7-13(12)23-15/h1-9H,(H,21,22)(H,18,19,20)/p-1. The number of fused-ring (bicyclic) bond motifs is 3. The number of hydrogen-bond donors (Lipinski definition) is 1. The number of aromatic carboxylic acids is 1. The first-order valence-corrected chi connectivity index (χ1v) is 6.93. The molecule has 0 fully saturated rings. The second-order valence-corrected chi connectivity index (χ2v) is 4.99. The summed E-state index contributed by atoms with van der Waals surface area (Å²) < 4.78 is 5.82. The Labute approximate surface area is 130 Å². The zero-order valence-corrected chi connectivity index (χ0v) is 11.8. The van der Waals surface area contributed by atoms with Crippen molar-refractivity contribution in [3.8, 4) is 0 Å². The summed E-state index contributed by atoms with van der Waals surface area (Å²) in [5, 5.41) is 14.9. The van der Waals surface area contributed by atoms with E-state index in [4.69, 9.17) is 4.42 Å². The molecule has 2 heterocycles. The average molecular weight is 304 g/mol. The zero-order valence-electron chi connectivity index (χ0n) is 11.8. The predicted molar refractivity (Wildman–Crippen MR) is 83.4 cm³/mol. The van der Waals surface area contributed by atoms with Gasteiger partial charge in [-0.3, -0.25) is 0 Å². The van der Waals surface area contributed by atoms with Crippen LogP contribution in [-0.2, 0) is 0 Å². The molecule has 6 nitrogen and oxygen atoms in total.